The number of phenols is 1. The number of aliphatic hydroxyl groups excluding tert-OH is 1. The van der Waals surface area contributed by atoms with Gasteiger partial charge >= 0.3 is 0 Å². The lowest BCUT2D eigenvalue weighted by atomic mass is 10.0. The minimum absolute atomic E-state index is 0.251. The Kier molecular flexibility index (Phi) is 4.47. The molecule has 1 unspecified atom stereocenters. The topological polar surface area (TPSA) is 40.5 Å². The number of phenolic OH excluding ortho intramolecular Hbond substituents is 1. The summed E-state index contributed by atoms with van der Waals surface area (Å²) in [7, 11) is 0. The zero-order chi connectivity index (χ0) is 10.4. The third-order valence-electron chi connectivity index (χ3n) is 2.45. The number of hydrogen-bond acceptors (Lipinski definition) is 2. The molecule has 0 aliphatic carbocycles. The molecule has 1 rings (SSSR count). The largest absolute Gasteiger partial charge is 0.508 e. The molecular weight excluding hydrogens is 176 g/mol. The zero-order valence-electron chi connectivity index (χ0n) is 8.61. The average Bonchev–Trinajstić information content (AvgIpc) is 2.20. The van der Waals surface area contributed by atoms with Crippen molar-refractivity contribution in [1.82, 2.24) is 0 Å². The lowest BCUT2D eigenvalue weighted by Crippen LogP contribution is -2.00. The van der Waals surface area contributed by atoms with E-state index in [2.05, 4.69) is 0 Å². The smallest absolute Gasteiger partial charge is 0.118 e. The summed E-state index contributed by atoms with van der Waals surface area (Å²) in [5.41, 5.74) is 0.998. The highest BCUT2D eigenvalue weighted by atomic mass is 16.3. The van der Waals surface area contributed by atoms with Gasteiger partial charge in [-0.2, -0.15) is 0 Å². The van der Waals surface area contributed by atoms with Crippen LogP contribution in [-0.2, 0) is 6.42 Å². The van der Waals surface area contributed by atoms with Gasteiger partial charge in [-0.25, -0.2) is 0 Å². The summed E-state index contributed by atoms with van der Waals surface area (Å²) in [6, 6.07) is 7.42. The van der Waals surface area contributed by atoms with E-state index < -0.39 is 0 Å². The van der Waals surface area contributed by atoms with Crippen molar-refractivity contribution >= 4 is 0 Å². The SMILES string of the molecule is CC(CO)CCCc1ccccc1O. The number of rotatable bonds is 5. The van der Waals surface area contributed by atoms with Crippen molar-refractivity contribution in [2.24, 2.45) is 5.92 Å². The molecule has 0 aromatic heterocycles. The van der Waals surface area contributed by atoms with Crippen molar-refractivity contribution in [3.8, 4) is 5.75 Å². The molecule has 2 N–H and O–H groups in total. The van der Waals surface area contributed by atoms with Crippen molar-refractivity contribution in [3.63, 3.8) is 0 Å². The molecule has 0 fully saturated rings. The molecule has 0 amide bonds. The van der Waals surface area contributed by atoms with Crippen LogP contribution in [0, 0.1) is 5.92 Å². The maximum atomic E-state index is 9.48. The third kappa shape index (κ3) is 3.38. The van der Waals surface area contributed by atoms with Crippen LogP contribution < -0.4 is 0 Å². The molecule has 0 spiro atoms. The highest BCUT2D eigenvalue weighted by Gasteiger charge is 2.02. The van der Waals surface area contributed by atoms with Gasteiger partial charge < -0.3 is 10.2 Å². The number of aromatic hydroxyl groups is 1. The van der Waals surface area contributed by atoms with Gasteiger partial charge in [0.1, 0.15) is 5.75 Å². The molecule has 2 nitrogen and oxygen atoms in total. The molecular formula is C12H18O2. The van der Waals surface area contributed by atoms with Crippen LogP contribution in [-0.4, -0.2) is 16.8 Å². The van der Waals surface area contributed by atoms with Crippen molar-refractivity contribution < 1.29 is 10.2 Å². The standard InChI is InChI=1S/C12H18O2/c1-10(9-13)5-4-7-11-6-2-3-8-12(11)14/h2-3,6,8,10,13-14H,4-5,7,9H2,1H3. The van der Waals surface area contributed by atoms with E-state index in [1.54, 1.807) is 6.07 Å². The summed E-state index contributed by atoms with van der Waals surface area (Å²) in [6.45, 7) is 2.28. The Morgan fingerprint density at radius 3 is 2.64 bits per heavy atom. The summed E-state index contributed by atoms with van der Waals surface area (Å²) in [5, 5.41) is 18.3. The molecule has 0 bridgehead atoms. The predicted octanol–water partition coefficient (Wildman–Crippen LogP) is 2.34. The first-order valence-electron chi connectivity index (χ1n) is 5.11. The summed E-state index contributed by atoms with van der Waals surface area (Å²) < 4.78 is 0. The van der Waals surface area contributed by atoms with Gasteiger partial charge in [0.25, 0.3) is 0 Å². The molecule has 0 aliphatic heterocycles. The quantitative estimate of drug-likeness (QED) is 0.755. The first-order valence-corrected chi connectivity index (χ1v) is 5.11. The lowest BCUT2D eigenvalue weighted by molar-refractivity contribution is 0.228. The molecule has 2 heteroatoms. The molecule has 78 valence electrons. The van der Waals surface area contributed by atoms with E-state index in [1.807, 2.05) is 25.1 Å². The van der Waals surface area contributed by atoms with Gasteiger partial charge in [0, 0.05) is 6.61 Å². The van der Waals surface area contributed by atoms with Crippen LogP contribution in [0.25, 0.3) is 0 Å². The summed E-state index contributed by atoms with van der Waals surface area (Å²) in [4.78, 5) is 0. The van der Waals surface area contributed by atoms with Gasteiger partial charge in [-0.05, 0) is 36.8 Å². The fraction of sp³-hybridized carbons (Fsp3) is 0.500. The Morgan fingerprint density at radius 1 is 1.29 bits per heavy atom. The van der Waals surface area contributed by atoms with E-state index in [-0.39, 0.29) is 6.61 Å². The highest BCUT2D eigenvalue weighted by molar-refractivity contribution is 5.31. The highest BCUT2D eigenvalue weighted by Crippen LogP contribution is 2.18. The minimum atomic E-state index is 0.251. The van der Waals surface area contributed by atoms with E-state index in [9.17, 15) is 5.11 Å². The van der Waals surface area contributed by atoms with E-state index in [0.29, 0.717) is 11.7 Å². The van der Waals surface area contributed by atoms with Gasteiger partial charge in [-0.3, -0.25) is 0 Å². The summed E-state index contributed by atoms with van der Waals surface area (Å²) in [5.74, 6) is 0.741. The Hall–Kier alpha value is -1.02. The van der Waals surface area contributed by atoms with Gasteiger partial charge in [0.2, 0.25) is 0 Å². The zero-order valence-corrected chi connectivity index (χ0v) is 8.61. The van der Waals surface area contributed by atoms with Crippen molar-refractivity contribution in [3.05, 3.63) is 29.8 Å². The monoisotopic (exact) mass is 194 g/mol. The average molecular weight is 194 g/mol. The van der Waals surface area contributed by atoms with E-state index >= 15 is 0 Å². The second-order valence-electron chi connectivity index (χ2n) is 3.81. The Balaban J connectivity index is 2.35. The number of para-hydroxylation sites is 1. The van der Waals surface area contributed by atoms with Gasteiger partial charge in [-0.1, -0.05) is 25.1 Å². The third-order valence-corrected chi connectivity index (χ3v) is 2.45. The fourth-order valence-electron chi connectivity index (χ4n) is 1.45. The van der Waals surface area contributed by atoms with Crippen LogP contribution in [0.3, 0.4) is 0 Å². The number of benzene rings is 1. The molecule has 14 heavy (non-hydrogen) atoms. The van der Waals surface area contributed by atoms with Crippen LogP contribution in [0.4, 0.5) is 0 Å². The van der Waals surface area contributed by atoms with Crippen LogP contribution in [0.1, 0.15) is 25.3 Å². The van der Waals surface area contributed by atoms with E-state index in [4.69, 9.17) is 5.11 Å². The second kappa shape index (κ2) is 5.66. The first-order chi connectivity index (χ1) is 6.74. The van der Waals surface area contributed by atoms with Crippen molar-refractivity contribution in [2.75, 3.05) is 6.61 Å². The molecule has 1 aromatic carbocycles. The van der Waals surface area contributed by atoms with Crippen LogP contribution >= 0.6 is 0 Å². The van der Waals surface area contributed by atoms with Crippen molar-refractivity contribution in [1.29, 1.82) is 0 Å². The van der Waals surface area contributed by atoms with Gasteiger partial charge in [0.05, 0.1) is 0 Å². The van der Waals surface area contributed by atoms with E-state index in [0.717, 1.165) is 24.8 Å². The van der Waals surface area contributed by atoms with Crippen LogP contribution in [0.5, 0.6) is 5.75 Å². The number of hydrogen-bond donors (Lipinski definition) is 2. The summed E-state index contributed by atoms with van der Waals surface area (Å²) >= 11 is 0. The molecule has 0 saturated carbocycles. The summed E-state index contributed by atoms with van der Waals surface area (Å²) in [6.07, 6.45) is 2.90. The van der Waals surface area contributed by atoms with Crippen LogP contribution in [0.2, 0.25) is 0 Å². The Labute approximate surface area is 85.2 Å². The van der Waals surface area contributed by atoms with Crippen molar-refractivity contribution in [2.45, 2.75) is 26.2 Å². The second-order valence-corrected chi connectivity index (χ2v) is 3.81. The maximum Gasteiger partial charge on any atom is 0.118 e. The Morgan fingerprint density at radius 2 is 2.00 bits per heavy atom. The van der Waals surface area contributed by atoms with E-state index in [1.165, 1.54) is 0 Å². The number of aliphatic hydroxyl groups is 1. The molecule has 1 aromatic rings. The first kappa shape index (κ1) is 11.1. The molecule has 0 heterocycles. The minimum Gasteiger partial charge on any atom is -0.508 e. The maximum absolute atomic E-state index is 9.48. The molecule has 0 radical (unpaired) electrons. The molecule has 0 saturated heterocycles. The van der Waals surface area contributed by atoms with Gasteiger partial charge in [0.15, 0.2) is 0 Å². The number of aryl methyl sites for hydroxylation is 1. The lowest BCUT2D eigenvalue weighted by Gasteiger charge is -2.07. The van der Waals surface area contributed by atoms with Gasteiger partial charge in [-0.15, -0.1) is 0 Å². The predicted molar refractivity (Wildman–Crippen MR) is 57.3 cm³/mol. The molecule has 1 atom stereocenters. The van der Waals surface area contributed by atoms with Crippen LogP contribution in [0.15, 0.2) is 24.3 Å². The Bertz CT molecular complexity index is 271. The fourth-order valence-corrected chi connectivity index (χ4v) is 1.45. The normalized spacial score (nSPS) is 12.7. The molecule has 0 aliphatic rings.